The minimum Gasteiger partial charge on any atom is -0.445 e. The van der Waals surface area contributed by atoms with Crippen molar-refractivity contribution >= 4 is 31.4 Å². The Bertz CT molecular complexity index is 1730. The summed E-state index contributed by atoms with van der Waals surface area (Å²) >= 11 is 0. The van der Waals surface area contributed by atoms with Gasteiger partial charge in [-0.15, -0.1) is 0 Å². The van der Waals surface area contributed by atoms with Gasteiger partial charge in [0.25, 0.3) is 0 Å². The zero-order chi connectivity index (χ0) is 39.8. The Labute approximate surface area is 322 Å². The van der Waals surface area contributed by atoms with Crippen LogP contribution in [0.15, 0.2) is 121 Å². The quantitative estimate of drug-likeness (QED) is 0.0711. The van der Waals surface area contributed by atoms with Crippen LogP contribution in [0.1, 0.15) is 49.9 Å². The van der Waals surface area contributed by atoms with Crippen molar-refractivity contribution in [2.24, 2.45) is 11.8 Å². The summed E-state index contributed by atoms with van der Waals surface area (Å²) < 4.78 is 25.7. The first kappa shape index (κ1) is 42.3. The van der Waals surface area contributed by atoms with Crippen LogP contribution in [-0.2, 0) is 49.7 Å². The zero-order valence-electron chi connectivity index (χ0n) is 31.6. The van der Waals surface area contributed by atoms with Crippen molar-refractivity contribution in [3.63, 3.8) is 0 Å². The highest BCUT2D eigenvalue weighted by Crippen LogP contribution is 2.51. The molecule has 4 aromatic rings. The Hall–Kier alpha value is -5.45. The van der Waals surface area contributed by atoms with Gasteiger partial charge in [0, 0.05) is 12.8 Å². The van der Waals surface area contributed by atoms with Crippen molar-refractivity contribution in [3.8, 4) is 0 Å². The number of carbonyl (C=O) groups is 4. The topological polar surface area (TPSA) is 172 Å². The van der Waals surface area contributed by atoms with Crippen molar-refractivity contribution in [3.05, 3.63) is 144 Å². The first-order valence-electron chi connectivity index (χ1n) is 18.3. The third kappa shape index (κ3) is 13.4. The first-order valence-corrected chi connectivity index (χ1v) is 20.1. The summed E-state index contributed by atoms with van der Waals surface area (Å²) in [5.74, 6) is -5.07. The van der Waals surface area contributed by atoms with E-state index in [0.29, 0.717) is 11.1 Å². The summed E-state index contributed by atoms with van der Waals surface area (Å²) in [7, 11) is -4.62. The molecule has 292 valence electrons. The summed E-state index contributed by atoms with van der Waals surface area (Å²) in [4.78, 5) is 65.8. The van der Waals surface area contributed by atoms with Gasteiger partial charge in [-0.2, -0.15) is 0 Å². The van der Waals surface area contributed by atoms with Gasteiger partial charge in [-0.25, -0.2) is 9.59 Å². The van der Waals surface area contributed by atoms with Gasteiger partial charge in [0.05, 0.1) is 0 Å². The summed E-state index contributed by atoms with van der Waals surface area (Å²) in [5, 5.41) is 10.7. The number of hydrogen-bond donors (Lipinski definition) is 5. The molecule has 0 aromatic heterocycles. The molecule has 0 aliphatic carbocycles. The maximum atomic E-state index is 14.9. The van der Waals surface area contributed by atoms with Crippen molar-refractivity contribution < 1.29 is 38.1 Å². The summed E-state index contributed by atoms with van der Waals surface area (Å²) in [6.45, 7) is 6.89. The average molecular weight is 771 g/mol. The van der Waals surface area contributed by atoms with Gasteiger partial charge < -0.3 is 35.6 Å². The lowest BCUT2D eigenvalue weighted by atomic mass is 10.0. The van der Waals surface area contributed by atoms with Crippen LogP contribution in [0.3, 0.4) is 0 Å². The highest BCUT2D eigenvalue weighted by molar-refractivity contribution is 7.59. The maximum Gasteiger partial charge on any atom is 0.408 e. The molecule has 13 heteroatoms. The second-order valence-electron chi connectivity index (χ2n) is 14.0. The Balaban J connectivity index is 1.58. The van der Waals surface area contributed by atoms with Gasteiger partial charge >= 0.3 is 12.2 Å². The number of rotatable bonds is 18. The predicted octanol–water partition coefficient (Wildman–Crippen LogP) is 6.53. The van der Waals surface area contributed by atoms with E-state index in [1.807, 2.05) is 36.4 Å². The fourth-order valence-electron chi connectivity index (χ4n) is 5.80. The molecule has 0 heterocycles. The number of ether oxygens (including phenoxy) is 2. The molecule has 4 rings (SSSR count). The summed E-state index contributed by atoms with van der Waals surface area (Å²) in [6, 6.07) is 33.7. The smallest absolute Gasteiger partial charge is 0.408 e. The largest absolute Gasteiger partial charge is 0.445 e. The first-order chi connectivity index (χ1) is 26.3. The van der Waals surface area contributed by atoms with Crippen LogP contribution >= 0.6 is 7.37 Å². The van der Waals surface area contributed by atoms with E-state index in [4.69, 9.17) is 9.47 Å². The van der Waals surface area contributed by atoms with Crippen molar-refractivity contribution in [1.29, 1.82) is 0 Å². The van der Waals surface area contributed by atoms with Crippen LogP contribution in [0.2, 0.25) is 0 Å². The molecule has 0 saturated carbocycles. The molecule has 55 heavy (non-hydrogen) atoms. The van der Waals surface area contributed by atoms with Gasteiger partial charge in [-0.1, -0.05) is 149 Å². The third-order valence-electron chi connectivity index (χ3n) is 8.93. The standard InChI is InChI=1S/C42H51N4O8P/c1-29(2)37(45-41(49)53-27-33-21-13-7-14-22-33)39(47)43-35(25-31-17-9-5-10-18-31)55(51,52)36(26-32-19-11-6-12-20-32)44-40(48)38(30(3)4)46-42(50)54-28-34-23-15-8-16-24-34/h5-24,29-30,35-38H,25-28H2,1-4H3,(H,43,47)(H,44,48)(H,45,49)(H,46,50)(H,51,52)/t35-,36-,37+,38+/m1/s1. The van der Waals surface area contributed by atoms with E-state index < -0.39 is 66.9 Å². The molecule has 0 spiro atoms. The molecule has 4 amide bonds. The number of hydrogen-bond acceptors (Lipinski definition) is 7. The third-order valence-corrected chi connectivity index (χ3v) is 11.3. The lowest BCUT2D eigenvalue weighted by molar-refractivity contribution is -0.124. The van der Waals surface area contributed by atoms with Crippen molar-refractivity contribution in [1.82, 2.24) is 21.3 Å². The number of nitrogens with one attached hydrogen (secondary N) is 4. The molecule has 12 nitrogen and oxygen atoms in total. The minimum atomic E-state index is -4.62. The van der Waals surface area contributed by atoms with Gasteiger partial charge in [0.1, 0.15) is 36.9 Å². The number of amides is 4. The summed E-state index contributed by atoms with van der Waals surface area (Å²) in [6.07, 6.45) is -1.79. The molecular formula is C42H51N4O8P. The van der Waals surface area contributed by atoms with Gasteiger partial charge in [-0.05, 0) is 34.1 Å². The van der Waals surface area contributed by atoms with E-state index in [-0.39, 0.29) is 26.1 Å². The highest BCUT2D eigenvalue weighted by atomic mass is 31.2. The molecule has 4 atom stereocenters. The zero-order valence-corrected chi connectivity index (χ0v) is 32.5. The van der Waals surface area contributed by atoms with Crippen molar-refractivity contribution in [2.75, 3.05) is 0 Å². The van der Waals surface area contributed by atoms with Crippen LogP contribution in [0.5, 0.6) is 0 Å². The lowest BCUT2D eigenvalue weighted by Crippen LogP contribution is -2.55. The van der Waals surface area contributed by atoms with Crippen LogP contribution in [0.4, 0.5) is 9.59 Å². The fraction of sp³-hybridized carbons (Fsp3) is 0.333. The Kier molecular flexibility index (Phi) is 16.0. The van der Waals surface area contributed by atoms with E-state index in [1.165, 1.54) is 0 Å². The van der Waals surface area contributed by atoms with Crippen LogP contribution in [0, 0.1) is 11.8 Å². The highest BCUT2D eigenvalue weighted by Gasteiger charge is 2.43. The Morgan fingerprint density at radius 2 is 0.800 bits per heavy atom. The molecule has 4 aromatic carbocycles. The number of alkyl carbamates (subject to hydrolysis) is 2. The minimum absolute atomic E-state index is 0.0145. The van der Waals surface area contributed by atoms with Crippen molar-refractivity contribution in [2.45, 2.75) is 77.4 Å². The normalized spacial score (nSPS) is 13.5. The average Bonchev–Trinajstić information content (AvgIpc) is 3.18. The van der Waals surface area contributed by atoms with E-state index in [2.05, 4.69) is 21.3 Å². The molecular weight excluding hydrogens is 719 g/mol. The van der Waals surface area contributed by atoms with E-state index in [1.54, 1.807) is 113 Å². The SMILES string of the molecule is CC(C)[C@H](NC(=O)OCc1ccccc1)C(=O)N[C@@H](Cc1ccccc1)P(=O)(O)[C@H](Cc1ccccc1)NC(=O)[C@@H](NC(=O)OCc1ccccc1)C(C)C. The van der Waals surface area contributed by atoms with Gasteiger partial charge in [-0.3, -0.25) is 14.2 Å². The number of carbonyl (C=O) groups excluding carboxylic acids is 4. The fourth-order valence-corrected chi connectivity index (χ4v) is 7.81. The molecule has 0 unspecified atom stereocenters. The molecule has 0 saturated heterocycles. The second kappa shape index (κ2) is 20.9. The second-order valence-corrected chi connectivity index (χ2v) is 16.5. The predicted molar refractivity (Wildman–Crippen MR) is 211 cm³/mol. The van der Waals surface area contributed by atoms with Gasteiger partial charge in [0.2, 0.25) is 19.2 Å². The molecule has 5 N–H and O–H groups in total. The molecule has 0 bridgehead atoms. The van der Waals surface area contributed by atoms with Gasteiger partial charge in [0.15, 0.2) is 0 Å². The van der Waals surface area contributed by atoms with E-state index in [9.17, 15) is 28.6 Å². The van der Waals surface area contributed by atoms with E-state index in [0.717, 1.165) is 11.1 Å². The lowest BCUT2D eigenvalue weighted by Gasteiger charge is -2.34. The monoisotopic (exact) mass is 770 g/mol. The number of benzene rings is 4. The van der Waals surface area contributed by atoms with Crippen LogP contribution < -0.4 is 21.3 Å². The summed E-state index contributed by atoms with van der Waals surface area (Å²) in [5.41, 5.74) is 2.84. The molecule has 0 radical (unpaired) electrons. The Morgan fingerprint density at radius 3 is 1.09 bits per heavy atom. The molecule has 0 aliphatic rings. The van der Waals surface area contributed by atoms with Crippen LogP contribution in [-0.4, -0.2) is 52.5 Å². The van der Waals surface area contributed by atoms with E-state index >= 15 is 0 Å². The molecule has 0 fully saturated rings. The Morgan fingerprint density at radius 1 is 0.509 bits per heavy atom. The van der Waals surface area contributed by atoms with Crippen LogP contribution in [0.25, 0.3) is 0 Å². The maximum absolute atomic E-state index is 14.9. The molecule has 0 aliphatic heterocycles.